The van der Waals surface area contributed by atoms with Gasteiger partial charge in [0.05, 0.1) is 5.41 Å². The van der Waals surface area contributed by atoms with Crippen molar-refractivity contribution in [2.75, 3.05) is 20.1 Å². The number of fused-ring (bicyclic) bond motifs is 1. The van der Waals surface area contributed by atoms with Gasteiger partial charge >= 0.3 is 0 Å². The number of carbonyl (C=O) groups excluding carboxylic acids is 1. The Balaban J connectivity index is 0.00000182. The molecule has 3 rings (SSSR count). The molecule has 0 unspecified atom stereocenters. The molecule has 1 aromatic rings. The van der Waals surface area contributed by atoms with E-state index >= 15 is 0 Å². The van der Waals surface area contributed by atoms with Gasteiger partial charge in [0, 0.05) is 25.7 Å². The van der Waals surface area contributed by atoms with Gasteiger partial charge in [-0.2, -0.15) is 0 Å². The minimum atomic E-state index is -0.159. The number of rotatable bonds is 6. The van der Waals surface area contributed by atoms with Crippen LogP contribution in [-0.2, 0) is 17.9 Å². The Morgan fingerprint density at radius 3 is 2.78 bits per heavy atom. The van der Waals surface area contributed by atoms with Crippen LogP contribution in [0.2, 0.25) is 0 Å². The number of nitrogens with zero attached hydrogens (tertiary/aromatic N) is 1. The van der Waals surface area contributed by atoms with E-state index in [9.17, 15) is 4.79 Å². The second kappa shape index (κ2) is 10.7. The predicted molar refractivity (Wildman–Crippen MR) is 117 cm³/mol. The van der Waals surface area contributed by atoms with Crippen LogP contribution in [-0.4, -0.2) is 37.0 Å². The Morgan fingerprint density at radius 2 is 2.04 bits per heavy atom. The lowest BCUT2D eigenvalue weighted by atomic mass is 9.67. The summed E-state index contributed by atoms with van der Waals surface area (Å²) in [6.07, 6.45) is 4.68. The molecule has 27 heavy (non-hydrogen) atoms. The largest absolute Gasteiger partial charge is 0.351 e. The highest BCUT2D eigenvalue weighted by molar-refractivity contribution is 5.85. The molecule has 0 spiro atoms. The van der Waals surface area contributed by atoms with Gasteiger partial charge in [-0.3, -0.25) is 9.69 Å². The Morgan fingerprint density at radius 1 is 1.30 bits per heavy atom. The van der Waals surface area contributed by atoms with Crippen LogP contribution < -0.4 is 10.6 Å². The van der Waals surface area contributed by atoms with E-state index in [4.69, 9.17) is 0 Å². The molecule has 4 nitrogen and oxygen atoms in total. The molecule has 1 aliphatic heterocycles. The van der Waals surface area contributed by atoms with Crippen molar-refractivity contribution in [1.82, 2.24) is 15.5 Å². The molecule has 2 N–H and O–H groups in total. The van der Waals surface area contributed by atoms with Crippen molar-refractivity contribution in [3.63, 3.8) is 0 Å². The van der Waals surface area contributed by atoms with Crippen LogP contribution in [0.25, 0.3) is 0 Å². The zero-order chi connectivity index (χ0) is 17.9. The van der Waals surface area contributed by atoms with Gasteiger partial charge < -0.3 is 10.6 Å². The number of carbonyl (C=O) groups is 1. The minimum Gasteiger partial charge on any atom is -0.351 e. The first-order valence-corrected chi connectivity index (χ1v) is 9.78. The van der Waals surface area contributed by atoms with Crippen LogP contribution in [0.15, 0.2) is 24.3 Å². The molecule has 1 saturated carbocycles. The highest BCUT2D eigenvalue weighted by atomic mass is 35.5. The Kier molecular flexibility index (Phi) is 9.56. The Bertz CT molecular complexity index is 611. The van der Waals surface area contributed by atoms with E-state index in [1.807, 2.05) is 0 Å². The average molecular weight is 416 g/mol. The molecule has 1 heterocycles. The molecular formula is C21H35Cl2N3O. The molecule has 154 valence electrons. The van der Waals surface area contributed by atoms with Gasteiger partial charge in [-0.1, -0.05) is 37.1 Å². The van der Waals surface area contributed by atoms with Crippen LogP contribution in [0.3, 0.4) is 0 Å². The molecule has 2 aliphatic rings. The van der Waals surface area contributed by atoms with E-state index in [1.165, 1.54) is 30.4 Å². The maximum absolute atomic E-state index is 13.0. The summed E-state index contributed by atoms with van der Waals surface area (Å²) in [5.74, 6) is 0.777. The zero-order valence-electron chi connectivity index (χ0n) is 16.8. The average Bonchev–Trinajstić information content (AvgIpc) is 3.05. The molecule has 0 radical (unpaired) electrons. The van der Waals surface area contributed by atoms with Crippen LogP contribution in [0.4, 0.5) is 0 Å². The van der Waals surface area contributed by atoms with Crippen LogP contribution in [0.1, 0.15) is 50.7 Å². The molecule has 0 bridgehead atoms. The fraction of sp³-hybridized carbons (Fsp3) is 0.667. The second-order valence-corrected chi connectivity index (χ2v) is 8.24. The van der Waals surface area contributed by atoms with Crippen molar-refractivity contribution in [3.05, 3.63) is 35.4 Å². The van der Waals surface area contributed by atoms with Crippen molar-refractivity contribution < 1.29 is 4.79 Å². The standard InChI is InChI=1S/C21H33N3O.2ClH/c1-16(2)24(3)14-18-8-6-7-17(11-18)12-23-20(25)21-10-5-4-9-19(21)13-22-15-21;;/h6-8,11,16,19,22H,4-5,9-10,12-15H2,1-3H3,(H,23,25);2*1H/t19-,21+;;/m0../s1. The first-order valence-electron chi connectivity index (χ1n) is 9.78. The van der Waals surface area contributed by atoms with E-state index in [1.54, 1.807) is 0 Å². The second-order valence-electron chi connectivity index (χ2n) is 8.24. The maximum atomic E-state index is 13.0. The van der Waals surface area contributed by atoms with Gasteiger partial charge in [-0.15, -0.1) is 24.8 Å². The fourth-order valence-corrected chi connectivity index (χ4v) is 4.36. The van der Waals surface area contributed by atoms with Gasteiger partial charge in [0.15, 0.2) is 0 Å². The van der Waals surface area contributed by atoms with Crippen molar-refractivity contribution in [2.24, 2.45) is 11.3 Å². The molecule has 2 fully saturated rings. The third kappa shape index (κ3) is 5.60. The zero-order valence-corrected chi connectivity index (χ0v) is 18.4. The maximum Gasteiger partial charge on any atom is 0.228 e. The summed E-state index contributed by atoms with van der Waals surface area (Å²) in [6, 6.07) is 9.13. The van der Waals surface area contributed by atoms with Gasteiger partial charge in [0.25, 0.3) is 0 Å². The molecule has 1 amide bonds. The molecule has 6 heteroatoms. The van der Waals surface area contributed by atoms with Gasteiger partial charge in [0.2, 0.25) is 5.91 Å². The smallest absolute Gasteiger partial charge is 0.228 e. The molecular weight excluding hydrogens is 381 g/mol. The first-order chi connectivity index (χ1) is 12.0. The molecule has 1 saturated heterocycles. The van der Waals surface area contributed by atoms with Crippen molar-refractivity contribution >= 4 is 30.7 Å². The number of amides is 1. The summed E-state index contributed by atoms with van der Waals surface area (Å²) in [4.78, 5) is 15.3. The van der Waals surface area contributed by atoms with Crippen molar-refractivity contribution in [2.45, 2.75) is 58.7 Å². The number of hydrogen-bond donors (Lipinski definition) is 2. The summed E-state index contributed by atoms with van der Waals surface area (Å²) >= 11 is 0. The van der Waals surface area contributed by atoms with E-state index in [-0.39, 0.29) is 36.1 Å². The lowest BCUT2D eigenvalue weighted by molar-refractivity contribution is -0.134. The van der Waals surface area contributed by atoms with Crippen molar-refractivity contribution in [1.29, 1.82) is 0 Å². The van der Waals surface area contributed by atoms with Crippen LogP contribution >= 0.6 is 24.8 Å². The number of halogens is 2. The molecule has 1 aromatic carbocycles. The Hall–Kier alpha value is -0.810. The molecule has 2 atom stereocenters. The van der Waals surface area contributed by atoms with Gasteiger partial charge in [-0.05, 0) is 57.3 Å². The van der Waals surface area contributed by atoms with Crippen LogP contribution in [0.5, 0.6) is 0 Å². The number of benzene rings is 1. The number of hydrogen-bond acceptors (Lipinski definition) is 3. The Labute approximate surface area is 176 Å². The number of nitrogens with one attached hydrogen (secondary N) is 2. The quantitative estimate of drug-likeness (QED) is 0.742. The predicted octanol–water partition coefficient (Wildman–Crippen LogP) is 3.77. The third-order valence-electron chi connectivity index (χ3n) is 6.25. The SMILES string of the molecule is CC(C)N(C)Cc1cccc(CNC(=O)[C@@]23CCCC[C@H]2CNC3)c1.Cl.Cl. The summed E-state index contributed by atoms with van der Waals surface area (Å²) < 4.78 is 0. The first kappa shape index (κ1) is 24.2. The van der Waals surface area contributed by atoms with Gasteiger partial charge in [0.1, 0.15) is 0 Å². The van der Waals surface area contributed by atoms with Gasteiger partial charge in [-0.25, -0.2) is 0 Å². The monoisotopic (exact) mass is 415 g/mol. The van der Waals surface area contributed by atoms with E-state index in [0.717, 1.165) is 26.1 Å². The van der Waals surface area contributed by atoms with Crippen molar-refractivity contribution in [3.8, 4) is 0 Å². The normalized spacial score (nSPS) is 24.1. The van der Waals surface area contributed by atoms with E-state index < -0.39 is 0 Å². The fourth-order valence-electron chi connectivity index (χ4n) is 4.36. The summed E-state index contributed by atoms with van der Waals surface area (Å²) in [5.41, 5.74) is 2.34. The minimum absolute atomic E-state index is 0. The van der Waals surface area contributed by atoms with E-state index in [2.05, 4.69) is 60.7 Å². The lowest BCUT2D eigenvalue weighted by Gasteiger charge is -2.37. The highest BCUT2D eigenvalue weighted by Gasteiger charge is 2.49. The third-order valence-corrected chi connectivity index (χ3v) is 6.25. The highest BCUT2D eigenvalue weighted by Crippen LogP contribution is 2.43. The topological polar surface area (TPSA) is 44.4 Å². The summed E-state index contributed by atoms with van der Waals surface area (Å²) in [7, 11) is 2.15. The summed E-state index contributed by atoms with van der Waals surface area (Å²) in [6.45, 7) is 7.84. The van der Waals surface area contributed by atoms with Crippen LogP contribution in [0, 0.1) is 11.3 Å². The molecule has 1 aliphatic carbocycles. The summed E-state index contributed by atoms with van der Waals surface area (Å²) in [5, 5.41) is 6.70. The molecule has 0 aromatic heterocycles. The van der Waals surface area contributed by atoms with E-state index in [0.29, 0.717) is 18.5 Å². The lowest BCUT2D eigenvalue weighted by Crippen LogP contribution is -2.47.